The number of ether oxygens (including phenoxy) is 2. The largest absolute Gasteiger partial charge is 0.348 e. The van der Waals surface area contributed by atoms with Crippen molar-refractivity contribution in [2.24, 2.45) is 0 Å². The van der Waals surface area contributed by atoms with E-state index in [1.807, 2.05) is 14.1 Å². The highest BCUT2D eigenvalue weighted by molar-refractivity contribution is 4.81. The van der Waals surface area contributed by atoms with Crippen molar-refractivity contribution >= 4 is 0 Å². The normalized spacial score (nSPS) is 20.6. The molecule has 0 aromatic rings. The minimum atomic E-state index is 0.0270. The molecule has 0 aromatic carbocycles. The molecule has 0 aromatic heterocycles. The van der Waals surface area contributed by atoms with E-state index in [0.29, 0.717) is 6.61 Å². The minimum Gasteiger partial charge on any atom is -0.348 e. The van der Waals surface area contributed by atoms with Crippen molar-refractivity contribution in [3.8, 4) is 0 Å². The fourth-order valence-electron chi connectivity index (χ4n) is 3.42. The molecule has 0 aliphatic carbocycles. The lowest BCUT2D eigenvalue weighted by Crippen LogP contribution is -2.30. The molecule has 0 bridgehead atoms. The Balaban J connectivity index is 1.76. The van der Waals surface area contributed by atoms with E-state index < -0.39 is 0 Å². The number of nitrogens with zero attached hydrogens (tertiary/aromatic N) is 1. The van der Waals surface area contributed by atoms with Gasteiger partial charge in [0.25, 0.3) is 0 Å². The zero-order chi connectivity index (χ0) is 18.9. The Bertz CT molecular complexity index is 330. The third kappa shape index (κ3) is 12.9. The Morgan fingerprint density at radius 2 is 1.31 bits per heavy atom. The smallest absolute Gasteiger partial charge is 0.160 e. The molecule has 0 spiro atoms. The molecule has 3 heteroatoms. The number of allylic oxidation sites excluding steroid dienone is 2. The first-order valence-corrected chi connectivity index (χ1v) is 11.3. The first-order valence-electron chi connectivity index (χ1n) is 11.3. The molecule has 0 N–H and O–H groups in total. The van der Waals surface area contributed by atoms with E-state index in [-0.39, 0.29) is 12.5 Å². The van der Waals surface area contributed by atoms with E-state index >= 15 is 0 Å². The molecular weight excluding hydrogens is 322 g/mol. The summed E-state index contributed by atoms with van der Waals surface area (Å²) in [6, 6.07) is 0. The second kappa shape index (κ2) is 16.8. The summed E-state index contributed by atoms with van der Waals surface area (Å²) >= 11 is 0. The van der Waals surface area contributed by atoms with Crippen molar-refractivity contribution in [1.82, 2.24) is 4.90 Å². The van der Waals surface area contributed by atoms with E-state index in [1.54, 1.807) is 0 Å². The van der Waals surface area contributed by atoms with Crippen LogP contribution in [0.2, 0.25) is 0 Å². The van der Waals surface area contributed by atoms with Crippen molar-refractivity contribution in [3.63, 3.8) is 0 Å². The molecule has 154 valence electrons. The maximum Gasteiger partial charge on any atom is 0.160 e. The van der Waals surface area contributed by atoms with Gasteiger partial charge >= 0.3 is 0 Å². The number of hydrogen-bond acceptors (Lipinski definition) is 3. The molecular formula is C23H45NO2. The third-order valence-electron chi connectivity index (χ3n) is 5.26. The molecule has 2 unspecified atom stereocenters. The Morgan fingerprint density at radius 1 is 0.769 bits per heavy atom. The van der Waals surface area contributed by atoms with Crippen LogP contribution in [-0.2, 0) is 9.47 Å². The van der Waals surface area contributed by atoms with Gasteiger partial charge in [0, 0.05) is 0 Å². The summed E-state index contributed by atoms with van der Waals surface area (Å²) in [4.78, 5) is 2.09. The van der Waals surface area contributed by atoms with Gasteiger partial charge in [0.2, 0.25) is 0 Å². The van der Waals surface area contributed by atoms with Gasteiger partial charge in [0.15, 0.2) is 6.29 Å². The van der Waals surface area contributed by atoms with Gasteiger partial charge in [-0.2, -0.15) is 0 Å². The molecule has 1 aliphatic heterocycles. The molecule has 3 nitrogen and oxygen atoms in total. The average Bonchev–Trinajstić information content (AvgIpc) is 3.10. The molecule has 0 amide bonds. The number of rotatable bonds is 17. The maximum absolute atomic E-state index is 5.84. The van der Waals surface area contributed by atoms with Gasteiger partial charge in [-0.15, -0.1) is 0 Å². The molecule has 2 atom stereocenters. The van der Waals surface area contributed by atoms with E-state index in [9.17, 15) is 0 Å². The SMILES string of the molecule is CCCCCCCC/C=C\CCCCCCCCC1OCC(N(C)C)O1. The molecule has 26 heavy (non-hydrogen) atoms. The first-order chi connectivity index (χ1) is 12.7. The fourth-order valence-corrected chi connectivity index (χ4v) is 3.42. The summed E-state index contributed by atoms with van der Waals surface area (Å²) in [7, 11) is 4.08. The average molecular weight is 368 g/mol. The predicted octanol–water partition coefficient (Wildman–Crippen LogP) is 6.67. The van der Waals surface area contributed by atoms with Crippen molar-refractivity contribution < 1.29 is 9.47 Å². The van der Waals surface area contributed by atoms with Crippen molar-refractivity contribution in [1.29, 1.82) is 0 Å². The van der Waals surface area contributed by atoms with Gasteiger partial charge in [-0.1, -0.05) is 76.9 Å². The molecule has 1 saturated heterocycles. The Kier molecular flexibility index (Phi) is 15.3. The highest BCUT2D eigenvalue weighted by Crippen LogP contribution is 2.19. The van der Waals surface area contributed by atoms with Crippen LogP contribution in [-0.4, -0.2) is 38.1 Å². The summed E-state index contributed by atoms with van der Waals surface area (Å²) < 4.78 is 11.5. The van der Waals surface area contributed by atoms with Gasteiger partial charge in [0.05, 0.1) is 6.61 Å². The molecule has 1 fully saturated rings. The van der Waals surface area contributed by atoms with E-state index in [2.05, 4.69) is 24.0 Å². The lowest BCUT2D eigenvalue weighted by Gasteiger charge is -2.17. The van der Waals surface area contributed by atoms with Crippen LogP contribution in [0.4, 0.5) is 0 Å². The number of unbranched alkanes of at least 4 members (excludes halogenated alkanes) is 12. The first kappa shape index (κ1) is 23.7. The quantitative estimate of drug-likeness (QED) is 0.211. The van der Waals surface area contributed by atoms with Crippen LogP contribution >= 0.6 is 0 Å². The number of hydrogen-bond donors (Lipinski definition) is 0. The van der Waals surface area contributed by atoms with Crippen molar-refractivity contribution in [2.75, 3.05) is 20.7 Å². The Hall–Kier alpha value is -0.380. The number of likely N-dealkylation sites (N-methyl/N-ethyl adjacent to an activating group) is 1. The van der Waals surface area contributed by atoms with Crippen LogP contribution in [0.1, 0.15) is 103 Å². The topological polar surface area (TPSA) is 21.7 Å². The van der Waals surface area contributed by atoms with Gasteiger partial charge in [0.1, 0.15) is 6.23 Å². The molecule has 0 radical (unpaired) electrons. The van der Waals surface area contributed by atoms with Crippen LogP contribution in [0, 0.1) is 0 Å². The summed E-state index contributed by atoms with van der Waals surface area (Å²) in [5, 5.41) is 0. The lowest BCUT2D eigenvalue weighted by molar-refractivity contribution is -0.0873. The fraction of sp³-hybridized carbons (Fsp3) is 0.913. The van der Waals surface area contributed by atoms with E-state index in [1.165, 1.54) is 89.9 Å². The molecule has 1 heterocycles. The molecule has 1 rings (SSSR count). The van der Waals surface area contributed by atoms with E-state index in [4.69, 9.17) is 9.47 Å². The van der Waals surface area contributed by atoms with Gasteiger partial charge < -0.3 is 9.47 Å². The highest BCUT2D eigenvalue weighted by Gasteiger charge is 2.26. The Labute approximate surface area is 163 Å². The van der Waals surface area contributed by atoms with E-state index in [0.717, 1.165) is 6.42 Å². The standard InChI is InChI=1S/C23H45NO2/c1-4-5-6-7-8-9-10-11-12-13-14-15-16-17-18-19-20-23-25-21-22(26-23)24(2)3/h11-12,22-23H,4-10,13-21H2,1-3H3/b12-11-. The van der Waals surface area contributed by atoms with Crippen LogP contribution in [0.15, 0.2) is 12.2 Å². The second-order valence-corrected chi connectivity index (χ2v) is 8.04. The van der Waals surface area contributed by atoms with Crippen LogP contribution in [0.5, 0.6) is 0 Å². The van der Waals surface area contributed by atoms with Crippen molar-refractivity contribution in [3.05, 3.63) is 12.2 Å². The molecule has 0 saturated carbocycles. The zero-order valence-electron chi connectivity index (χ0n) is 17.9. The van der Waals surface area contributed by atoms with Gasteiger partial charge in [-0.3, -0.25) is 4.90 Å². The monoisotopic (exact) mass is 367 g/mol. The summed E-state index contributed by atoms with van der Waals surface area (Å²) in [5.41, 5.74) is 0. The third-order valence-corrected chi connectivity index (χ3v) is 5.26. The minimum absolute atomic E-state index is 0.0270. The molecule has 1 aliphatic rings. The highest BCUT2D eigenvalue weighted by atomic mass is 16.7. The summed E-state index contributed by atoms with van der Waals surface area (Å²) in [6.07, 6.45) is 25.0. The lowest BCUT2D eigenvalue weighted by atomic mass is 10.1. The summed E-state index contributed by atoms with van der Waals surface area (Å²) in [6.45, 7) is 2.99. The second-order valence-electron chi connectivity index (χ2n) is 8.04. The summed E-state index contributed by atoms with van der Waals surface area (Å²) in [5.74, 6) is 0. The van der Waals surface area contributed by atoms with Gasteiger partial charge in [-0.05, 0) is 52.6 Å². The van der Waals surface area contributed by atoms with Gasteiger partial charge in [-0.25, -0.2) is 0 Å². The van der Waals surface area contributed by atoms with Crippen LogP contribution < -0.4 is 0 Å². The zero-order valence-corrected chi connectivity index (χ0v) is 17.9. The maximum atomic E-state index is 5.84. The van der Waals surface area contributed by atoms with Crippen LogP contribution in [0.25, 0.3) is 0 Å². The predicted molar refractivity (Wildman–Crippen MR) is 112 cm³/mol. The van der Waals surface area contributed by atoms with Crippen molar-refractivity contribution in [2.45, 2.75) is 116 Å². The van der Waals surface area contributed by atoms with Crippen LogP contribution in [0.3, 0.4) is 0 Å². The Morgan fingerprint density at radius 3 is 1.85 bits per heavy atom.